The summed E-state index contributed by atoms with van der Waals surface area (Å²) in [6.45, 7) is 6.78. The molecule has 0 heterocycles. The van der Waals surface area contributed by atoms with Gasteiger partial charge in [0.15, 0.2) is 0 Å². The minimum absolute atomic E-state index is 0.456. The Bertz CT molecular complexity index is 268. The number of nitrogens with one attached hydrogen (secondary N) is 1. The van der Waals surface area contributed by atoms with Crippen LogP contribution in [-0.2, 0) is 0 Å². The Morgan fingerprint density at radius 2 is 1.75 bits per heavy atom. The van der Waals surface area contributed by atoms with Crippen molar-refractivity contribution in [3.05, 3.63) is 35.9 Å². The largest absolute Gasteiger partial charge is 0.308 e. The second-order valence-electron chi connectivity index (χ2n) is 4.70. The lowest BCUT2D eigenvalue weighted by atomic mass is 10.1. The Kier molecular flexibility index (Phi) is 6.17. The molecule has 1 heteroatoms. The van der Waals surface area contributed by atoms with Crippen molar-refractivity contribution in [1.29, 1.82) is 0 Å². The summed E-state index contributed by atoms with van der Waals surface area (Å²) >= 11 is 0. The highest BCUT2D eigenvalue weighted by Crippen LogP contribution is 2.13. The van der Waals surface area contributed by atoms with E-state index in [0.29, 0.717) is 12.1 Å². The molecule has 0 saturated heterocycles. The monoisotopic (exact) mass is 219 g/mol. The number of benzene rings is 1. The van der Waals surface area contributed by atoms with Crippen LogP contribution in [0.15, 0.2) is 30.3 Å². The van der Waals surface area contributed by atoms with Crippen molar-refractivity contribution in [3.63, 3.8) is 0 Å². The van der Waals surface area contributed by atoms with Crippen molar-refractivity contribution < 1.29 is 0 Å². The van der Waals surface area contributed by atoms with Crippen molar-refractivity contribution in [1.82, 2.24) is 5.32 Å². The Hall–Kier alpha value is -0.820. The van der Waals surface area contributed by atoms with Crippen LogP contribution in [0.25, 0.3) is 0 Å². The van der Waals surface area contributed by atoms with Crippen LogP contribution in [0.4, 0.5) is 0 Å². The van der Waals surface area contributed by atoms with E-state index in [2.05, 4.69) is 56.4 Å². The summed E-state index contributed by atoms with van der Waals surface area (Å²) in [5.41, 5.74) is 1.38. The number of unbranched alkanes of at least 4 members (excludes halogenated alkanes) is 2. The molecule has 0 fully saturated rings. The van der Waals surface area contributed by atoms with E-state index in [4.69, 9.17) is 0 Å². The quantitative estimate of drug-likeness (QED) is 0.674. The molecule has 0 radical (unpaired) electrons. The van der Waals surface area contributed by atoms with E-state index in [0.717, 1.165) is 0 Å². The lowest BCUT2D eigenvalue weighted by molar-refractivity contribution is 0.440. The lowest BCUT2D eigenvalue weighted by Gasteiger charge is -2.20. The molecule has 1 rings (SSSR count). The van der Waals surface area contributed by atoms with Gasteiger partial charge in [0.25, 0.3) is 0 Å². The van der Waals surface area contributed by atoms with Gasteiger partial charge in [0.05, 0.1) is 0 Å². The SMILES string of the molecule is CCCCCC(C)N[C@@H](C)c1ccccc1. The maximum Gasteiger partial charge on any atom is 0.0294 e. The lowest BCUT2D eigenvalue weighted by Crippen LogP contribution is -2.28. The van der Waals surface area contributed by atoms with Crippen LogP contribution in [0.5, 0.6) is 0 Å². The molecule has 0 aromatic heterocycles. The van der Waals surface area contributed by atoms with Crippen molar-refractivity contribution in [3.8, 4) is 0 Å². The van der Waals surface area contributed by atoms with Crippen molar-refractivity contribution in [2.24, 2.45) is 0 Å². The molecule has 1 unspecified atom stereocenters. The van der Waals surface area contributed by atoms with E-state index >= 15 is 0 Å². The van der Waals surface area contributed by atoms with Crippen molar-refractivity contribution in [2.45, 2.75) is 58.5 Å². The Morgan fingerprint density at radius 1 is 1.06 bits per heavy atom. The van der Waals surface area contributed by atoms with E-state index < -0.39 is 0 Å². The van der Waals surface area contributed by atoms with Gasteiger partial charge >= 0.3 is 0 Å². The summed E-state index contributed by atoms with van der Waals surface area (Å²) in [7, 11) is 0. The maximum atomic E-state index is 3.66. The summed E-state index contributed by atoms with van der Waals surface area (Å²) in [4.78, 5) is 0. The zero-order valence-corrected chi connectivity index (χ0v) is 10.9. The van der Waals surface area contributed by atoms with Crippen molar-refractivity contribution >= 4 is 0 Å². The Balaban J connectivity index is 2.31. The van der Waals surface area contributed by atoms with Gasteiger partial charge in [0.2, 0.25) is 0 Å². The molecule has 90 valence electrons. The zero-order chi connectivity index (χ0) is 11.8. The van der Waals surface area contributed by atoms with E-state index in [1.165, 1.54) is 31.2 Å². The van der Waals surface area contributed by atoms with E-state index in [-0.39, 0.29) is 0 Å². The first-order chi connectivity index (χ1) is 7.74. The highest BCUT2D eigenvalue weighted by atomic mass is 14.9. The third-order valence-electron chi connectivity index (χ3n) is 3.07. The van der Waals surface area contributed by atoms with Crippen LogP contribution >= 0.6 is 0 Å². The third-order valence-corrected chi connectivity index (χ3v) is 3.07. The van der Waals surface area contributed by atoms with E-state index in [1.807, 2.05) is 0 Å². The average molecular weight is 219 g/mol. The molecule has 0 amide bonds. The van der Waals surface area contributed by atoms with Gasteiger partial charge < -0.3 is 5.32 Å². The topological polar surface area (TPSA) is 12.0 Å². The molecule has 0 aliphatic carbocycles. The third kappa shape index (κ3) is 4.80. The molecule has 1 aromatic rings. The van der Waals surface area contributed by atoms with Gasteiger partial charge in [-0.15, -0.1) is 0 Å². The second-order valence-corrected chi connectivity index (χ2v) is 4.70. The molecule has 1 nitrogen and oxygen atoms in total. The summed E-state index contributed by atoms with van der Waals surface area (Å²) in [6.07, 6.45) is 5.28. The van der Waals surface area contributed by atoms with Crippen LogP contribution in [0.3, 0.4) is 0 Å². The fraction of sp³-hybridized carbons (Fsp3) is 0.600. The first kappa shape index (κ1) is 13.2. The molecule has 1 aromatic carbocycles. The molecule has 0 saturated carbocycles. The summed E-state index contributed by atoms with van der Waals surface area (Å²) < 4.78 is 0. The van der Waals surface area contributed by atoms with Gasteiger partial charge in [-0.25, -0.2) is 0 Å². The zero-order valence-electron chi connectivity index (χ0n) is 10.9. The number of hydrogen-bond donors (Lipinski definition) is 1. The molecule has 16 heavy (non-hydrogen) atoms. The first-order valence-corrected chi connectivity index (χ1v) is 6.55. The smallest absolute Gasteiger partial charge is 0.0294 e. The van der Waals surface area contributed by atoms with Gasteiger partial charge in [-0.1, -0.05) is 56.5 Å². The van der Waals surface area contributed by atoms with Gasteiger partial charge in [0.1, 0.15) is 0 Å². The van der Waals surface area contributed by atoms with Crippen LogP contribution < -0.4 is 5.32 Å². The molecule has 2 atom stereocenters. The molecular formula is C15H25N. The fourth-order valence-corrected chi connectivity index (χ4v) is 2.05. The van der Waals surface area contributed by atoms with Crippen LogP contribution in [-0.4, -0.2) is 6.04 Å². The molecule has 0 spiro atoms. The highest BCUT2D eigenvalue weighted by Gasteiger charge is 2.08. The van der Waals surface area contributed by atoms with Gasteiger partial charge in [-0.05, 0) is 25.8 Å². The summed E-state index contributed by atoms with van der Waals surface area (Å²) in [6, 6.07) is 11.7. The van der Waals surface area contributed by atoms with Crippen molar-refractivity contribution in [2.75, 3.05) is 0 Å². The minimum atomic E-state index is 0.456. The molecular weight excluding hydrogens is 194 g/mol. The van der Waals surface area contributed by atoms with E-state index in [9.17, 15) is 0 Å². The molecule has 0 aliphatic heterocycles. The van der Waals surface area contributed by atoms with Crippen LogP contribution in [0.1, 0.15) is 58.1 Å². The van der Waals surface area contributed by atoms with Crippen LogP contribution in [0, 0.1) is 0 Å². The molecule has 1 N–H and O–H groups in total. The standard InChI is InChI=1S/C15H25N/c1-4-5-7-10-13(2)16-14(3)15-11-8-6-9-12-15/h6,8-9,11-14,16H,4-5,7,10H2,1-3H3/t13?,14-/m0/s1. The number of rotatable bonds is 7. The number of hydrogen-bond acceptors (Lipinski definition) is 1. The summed E-state index contributed by atoms with van der Waals surface area (Å²) in [5.74, 6) is 0. The Labute approximate surface area is 100 Å². The molecule has 0 aliphatic rings. The average Bonchev–Trinajstić information content (AvgIpc) is 2.30. The minimum Gasteiger partial charge on any atom is -0.308 e. The maximum absolute atomic E-state index is 3.66. The predicted molar refractivity (Wildman–Crippen MR) is 71.6 cm³/mol. The first-order valence-electron chi connectivity index (χ1n) is 6.55. The summed E-state index contributed by atoms with van der Waals surface area (Å²) in [5, 5.41) is 3.66. The normalized spacial score (nSPS) is 14.7. The highest BCUT2D eigenvalue weighted by molar-refractivity contribution is 5.18. The molecule has 0 bridgehead atoms. The fourth-order valence-electron chi connectivity index (χ4n) is 2.05. The van der Waals surface area contributed by atoms with Gasteiger partial charge in [0, 0.05) is 12.1 Å². The predicted octanol–water partition coefficient (Wildman–Crippen LogP) is 4.31. The van der Waals surface area contributed by atoms with Crippen LogP contribution in [0.2, 0.25) is 0 Å². The van der Waals surface area contributed by atoms with Gasteiger partial charge in [-0.3, -0.25) is 0 Å². The van der Waals surface area contributed by atoms with E-state index in [1.54, 1.807) is 0 Å². The second kappa shape index (κ2) is 7.45. The van der Waals surface area contributed by atoms with Gasteiger partial charge in [-0.2, -0.15) is 0 Å². The Morgan fingerprint density at radius 3 is 2.38 bits per heavy atom.